The Bertz CT molecular complexity index is 964. The molecule has 1 aromatic carbocycles. The number of nitrogens with zero attached hydrogens (tertiary/aromatic N) is 2. The summed E-state index contributed by atoms with van der Waals surface area (Å²) in [5.41, 5.74) is 1.07. The summed E-state index contributed by atoms with van der Waals surface area (Å²) in [5, 5.41) is 0.605. The Balaban J connectivity index is 2.09. The first kappa shape index (κ1) is 16.3. The summed E-state index contributed by atoms with van der Waals surface area (Å²) in [7, 11) is -2.26. The molecule has 0 aliphatic heterocycles. The van der Waals surface area contributed by atoms with Crippen LogP contribution in [0.1, 0.15) is 13.3 Å². The summed E-state index contributed by atoms with van der Waals surface area (Å²) in [6, 6.07) is 10.4. The van der Waals surface area contributed by atoms with E-state index in [2.05, 4.69) is 9.71 Å². The molecule has 0 spiro atoms. The first-order valence-electron chi connectivity index (χ1n) is 7.66. The van der Waals surface area contributed by atoms with Crippen LogP contribution in [0.5, 0.6) is 5.75 Å². The molecule has 0 aliphatic rings. The van der Waals surface area contributed by atoms with E-state index < -0.39 is 10.0 Å². The van der Waals surface area contributed by atoms with Crippen molar-refractivity contribution < 1.29 is 13.2 Å². The number of rotatable bonds is 6. The molecule has 2 aromatic heterocycles. The van der Waals surface area contributed by atoms with Crippen LogP contribution in [-0.2, 0) is 16.6 Å². The second-order valence-electron chi connectivity index (χ2n) is 5.37. The summed E-state index contributed by atoms with van der Waals surface area (Å²) in [6.07, 6.45) is 4.19. The molecule has 7 heteroatoms. The first-order valence-corrected chi connectivity index (χ1v) is 9.15. The lowest BCUT2D eigenvalue weighted by Crippen LogP contribution is -2.13. The zero-order chi connectivity index (χ0) is 17.2. The van der Waals surface area contributed by atoms with Crippen molar-refractivity contribution in [2.45, 2.75) is 24.8 Å². The number of benzene rings is 1. The number of sulfonamides is 1. The molecule has 24 heavy (non-hydrogen) atoms. The topological polar surface area (TPSA) is 73.2 Å². The van der Waals surface area contributed by atoms with E-state index in [9.17, 15) is 8.42 Å². The SMILES string of the molecule is CCCn1cc(S(=O)(=O)Nc2ccccc2OC)c2cccnc21. The Kier molecular flexibility index (Phi) is 4.44. The van der Waals surface area contributed by atoms with Crippen LogP contribution in [0.4, 0.5) is 5.69 Å². The first-order chi connectivity index (χ1) is 11.6. The van der Waals surface area contributed by atoms with Crippen LogP contribution in [0.2, 0.25) is 0 Å². The maximum Gasteiger partial charge on any atom is 0.264 e. The molecular weight excluding hydrogens is 326 g/mol. The summed E-state index contributed by atoms with van der Waals surface area (Å²) in [4.78, 5) is 4.53. The van der Waals surface area contributed by atoms with E-state index in [1.54, 1.807) is 48.8 Å². The zero-order valence-electron chi connectivity index (χ0n) is 13.6. The van der Waals surface area contributed by atoms with Crippen LogP contribution in [0, 0.1) is 0 Å². The molecule has 3 aromatic rings. The Labute approximate surface area is 141 Å². The van der Waals surface area contributed by atoms with Gasteiger partial charge < -0.3 is 9.30 Å². The molecular formula is C17H19N3O3S. The van der Waals surface area contributed by atoms with Crippen LogP contribution < -0.4 is 9.46 Å². The van der Waals surface area contributed by atoms with Crippen molar-refractivity contribution in [3.05, 3.63) is 48.8 Å². The van der Waals surface area contributed by atoms with Crippen molar-refractivity contribution in [1.82, 2.24) is 9.55 Å². The van der Waals surface area contributed by atoms with Crippen molar-refractivity contribution in [1.29, 1.82) is 0 Å². The number of nitrogens with one attached hydrogen (secondary N) is 1. The Morgan fingerprint density at radius 1 is 1.21 bits per heavy atom. The quantitative estimate of drug-likeness (QED) is 0.744. The number of para-hydroxylation sites is 2. The molecule has 0 radical (unpaired) electrons. The van der Waals surface area contributed by atoms with Gasteiger partial charge >= 0.3 is 0 Å². The highest BCUT2D eigenvalue weighted by Gasteiger charge is 2.22. The summed E-state index contributed by atoms with van der Waals surface area (Å²) < 4.78 is 35.5. The van der Waals surface area contributed by atoms with E-state index >= 15 is 0 Å². The number of fused-ring (bicyclic) bond motifs is 1. The molecule has 0 unspecified atom stereocenters. The molecule has 0 fully saturated rings. The van der Waals surface area contributed by atoms with Gasteiger partial charge in [0.2, 0.25) is 0 Å². The summed E-state index contributed by atoms with van der Waals surface area (Å²) in [6.45, 7) is 2.74. The largest absolute Gasteiger partial charge is 0.495 e. The van der Waals surface area contributed by atoms with Gasteiger partial charge in [-0.05, 0) is 30.7 Å². The van der Waals surface area contributed by atoms with Crippen molar-refractivity contribution in [2.75, 3.05) is 11.8 Å². The standard InChI is InChI=1S/C17H19N3O3S/c1-3-11-20-12-16(13-7-6-10-18-17(13)20)24(21,22)19-14-8-4-5-9-15(14)23-2/h4-10,12,19H,3,11H2,1-2H3. The molecule has 0 aliphatic carbocycles. The lowest BCUT2D eigenvalue weighted by atomic mass is 10.3. The van der Waals surface area contributed by atoms with Gasteiger partial charge in [0.05, 0.1) is 12.8 Å². The molecule has 0 amide bonds. The molecule has 0 bridgehead atoms. The number of hydrogen-bond acceptors (Lipinski definition) is 4. The highest BCUT2D eigenvalue weighted by molar-refractivity contribution is 7.93. The molecule has 6 nitrogen and oxygen atoms in total. The minimum atomic E-state index is -3.76. The molecule has 3 rings (SSSR count). The zero-order valence-corrected chi connectivity index (χ0v) is 14.4. The second kappa shape index (κ2) is 6.52. The van der Waals surface area contributed by atoms with E-state index in [1.807, 2.05) is 11.5 Å². The molecule has 126 valence electrons. The van der Waals surface area contributed by atoms with Gasteiger partial charge in [-0.3, -0.25) is 4.72 Å². The van der Waals surface area contributed by atoms with Crippen molar-refractivity contribution in [2.24, 2.45) is 0 Å². The fourth-order valence-corrected chi connectivity index (χ4v) is 3.93. The lowest BCUT2D eigenvalue weighted by Gasteiger charge is -2.10. The van der Waals surface area contributed by atoms with E-state index in [0.717, 1.165) is 6.42 Å². The monoisotopic (exact) mass is 345 g/mol. The Hall–Kier alpha value is -2.54. The van der Waals surface area contributed by atoms with Gasteiger partial charge in [-0.2, -0.15) is 0 Å². The number of methoxy groups -OCH3 is 1. The molecule has 1 N–H and O–H groups in total. The van der Waals surface area contributed by atoms with Crippen molar-refractivity contribution in [3.63, 3.8) is 0 Å². The van der Waals surface area contributed by atoms with Crippen molar-refractivity contribution in [3.8, 4) is 5.75 Å². The lowest BCUT2D eigenvalue weighted by molar-refractivity contribution is 0.417. The van der Waals surface area contributed by atoms with Gasteiger partial charge in [-0.15, -0.1) is 0 Å². The Morgan fingerprint density at radius 2 is 2.00 bits per heavy atom. The van der Waals surface area contributed by atoms with E-state index in [1.165, 1.54) is 7.11 Å². The van der Waals surface area contributed by atoms with Gasteiger partial charge in [-0.1, -0.05) is 19.1 Å². The third-order valence-electron chi connectivity index (χ3n) is 3.70. The molecule has 0 atom stereocenters. The van der Waals surface area contributed by atoms with Crippen molar-refractivity contribution >= 4 is 26.7 Å². The smallest absolute Gasteiger partial charge is 0.264 e. The number of aryl methyl sites for hydroxylation is 1. The predicted octanol–water partition coefficient (Wildman–Crippen LogP) is 3.26. The average molecular weight is 345 g/mol. The van der Waals surface area contributed by atoms with Gasteiger partial charge in [0.25, 0.3) is 10.0 Å². The fourth-order valence-electron chi connectivity index (χ4n) is 2.64. The number of aromatic nitrogens is 2. The number of pyridine rings is 1. The number of ether oxygens (including phenoxy) is 1. The van der Waals surface area contributed by atoms with Gasteiger partial charge in [-0.25, -0.2) is 13.4 Å². The summed E-state index contributed by atoms with van der Waals surface area (Å²) >= 11 is 0. The fraction of sp³-hybridized carbons (Fsp3) is 0.235. The predicted molar refractivity (Wildman–Crippen MR) is 93.8 cm³/mol. The van der Waals surface area contributed by atoms with Crippen LogP contribution >= 0.6 is 0 Å². The third kappa shape index (κ3) is 2.94. The minimum Gasteiger partial charge on any atom is -0.495 e. The highest BCUT2D eigenvalue weighted by Crippen LogP contribution is 2.29. The second-order valence-corrected chi connectivity index (χ2v) is 7.02. The number of hydrogen-bond donors (Lipinski definition) is 1. The average Bonchev–Trinajstić information content (AvgIpc) is 2.95. The van der Waals surface area contributed by atoms with Crippen LogP contribution in [0.25, 0.3) is 11.0 Å². The van der Waals surface area contributed by atoms with Crippen LogP contribution in [0.15, 0.2) is 53.7 Å². The highest BCUT2D eigenvalue weighted by atomic mass is 32.2. The van der Waals surface area contributed by atoms with Gasteiger partial charge in [0.1, 0.15) is 16.3 Å². The normalized spacial score (nSPS) is 11.6. The van der Waals surface area contributed by atoms with E-state index in [0.29, 0.717) is 29.0 Å². The molecule has 0 saturated carbocycles. The molecule has 0 saturated heterocycles. The van der Waals surface area contributed by atoms with Gasteiger partial charge in [0.15, 0.2) is 0 Å². The minimum absolute atomic E-state index is 0.213. The van der Waals surface area contributed by atoms with Crippen LogP contribution in [-0.4, -0.2) is 25.1 Å². The maximum atomic E-state index is 12.9. The third-order valence-corrected chi connectivity index (χ3v) is 5.10. The van der Waals surface area contributed by atoms with Gasteiger partial charge in [0, 0.05) is 24.3 Å². The van der Waals surface area contributed by atoms with E-state index in [-0.39, 0.29) is 4.90 Å². The van der Waals surface area contributed by atoms with Crippen LogP contribution in [0.3, 0.4) is 0 Å². The maximum absolute atomic E-state index is 12.9. The number of anilines is 1. The Morgan fingerprint density at radius 3 is 2.75 bits per heavy atom. The molecule has 2 heterocycles. The summed E-state index contributed by atoms with van der Waals surface area (Å²) in [5.74, 6) is 0.469. The van der Waals surface area contributed by atoms with E-state index in [4.69, 9.17) is 4.74 Å².